The number of carbonyl (C=O) groups is 1. The molecule has 1 aliphatic rings. The van der Waals surface area contributed by atoms with Crippen LogP contribution in [0.2, 0.25) is 0 Å². The molecule has 0 aromatic heterocycles. The van der Waals surface area contributed by atoms with Gasteiger partial charge in [-0.15, -0.1) is 11.8 Å². The lowest BCUT2D eigenvalue weighted by molar-refractivity contribution is 0.214. The lowest BCUT2D eigenvalue weighted by Crippen LogP contribution is -2.34. The van der Waals surface area contributed by atoms with Gasteiger partial charge in [0.15, 0.2) is 0 Å². The van der Waals surface area contributed by atoms with Crippen LogP contribution >= 0.6 is 11.8 Å². The highest BCUT2D eigenvalue weighted by molar-refractivity contribution is 7.99. The summed E-state index contributed by atoms with van der Waals surface area (Å²) in [4.78, 5) is 14.7. The number of methoxy groups -OCH3 is 1. The molecule has 1 N–H and O–H groups in total. The fourth-order valence-corrected chi connectivity index (χ4v) is 4.16. The summed E-state index contributed by atoms with van der Waals surface area (Å²) in [5.41, 5.74) is 1.84. The Kier molecular flexibility index (Phi) is 6.87. The maximum Gasteiger partial charge on any atom is 0.323 e. The second-order valence-electron chi connectivity index (χ2n) is 6.35. The summed E-state index contributed by atoms with van der Waals surface area (Å²) in [7, 11) is 1.65. The van der Waals surface area contributed by atoms with E-state index in [-0.39, 0.29) is 11.4 Å². The van der Waals surface area contributed by atoms with Gasteiger partial charge in [-0.3, -0.25) is 0 Å². The Morgan fingerprint density at radius 3 is 2.78 bits per heavy atom. The van der Waals surface area contributed by atoms with Gasteiger partial charge in [0.25, 0.3) is 0 Å². The number of thioether (sulfide) groups is 1. The fourth-order valence-electron chi connectivity index (χ4n) is 2.91. The molecular weight excluding hydrogens is 360 g/mol. The molecule has 27 heavy (non-hydrogen) atoms. The van der Waals surface area contributed by atoms with E-state index in [0.717, 1.165) is 54.5 Å². The smallest absolute Gasteiger partial charge is 0.323 e. The zero-order chi connectivity index (χ0) is 19.1. The van der Waals surface area contributed by atoms with Crippen molar-refractivity contribution < 1.29 is 14.3 Å². The van der Waals surface area contributed by atoms with Crippen molar-refractivity contribution in [2.45, 2.75) is 25.1 Å². The first-order chi connectivity index (χ1) is 13.2. The van der Waals surface area contributed by atoms with Crippen LogP contribution in [-0.4, -0.2) is 36.9 Å². The summed E-state index contributed by atoms with van der Waals surface area (Å²) in [6, 6.07) is 15.4. The lowest BCUT2D eigenvalue weighted by Gasteiger charge is -2.24. The highest BCUT2D eigenvalue weighted by Crippen LogP contribution is 2.39. The normalized spacial score (nSPS) is 16.2. The van der Waals surface area contributed by atoms with E-state index in [1.165, 1.54) is 0 Å². The monoisotopic (exact) mass is 386 g/mol. The third-order valence-corrected chi connectivity index (χ3v) is 5.66. The number of hydrogen-bond donors (Lipinski definition) is 1. The first-order valence-electron chi connectivity index (χ1n) is 9.27. The van der Waals surface area contributed by atoms with Crippen LogP contribution in [0, 0.1) is 0 Å². The molecule has 0 saturated carbocycles. The molecule has 1 aliphatic heterocycles. The van der Waals surface area contributed by atoms with Gasteiger partial charge in [0, 0.05) is 18.0 Å². The number of rotatable bonds is 7. The summed E-state index contributed by atoms with van der Waals surface area (Å²) in [6.45, 7) is 3.57. The van der Waals surface area contributed by atoms with E-state index in [4.69, 9.17) is 9.47 Å². The van der Waals surface area contributed by atoms with Crippen LogP contribution in [0.25, 0.3) is 0 Å². The van der Waals surface area contributed by atoms with Crippen LogP contribution in [-0.2, 0) is 0 Å². The van der Waals surface area contributed by atoms with Gasteiger partial charge in [-0.25, -0.2) is 4.79 Å². The second-order valence-corrected chi connectivity index (χ2v) is 7.54. The first-order valence-corrected chi connectivity index (χ1v) is 10.3. The summed E-state index contributed by atoms with van der Waals surface area (Å²) >= 11 is 1.76. The van der Waals surface area contributed by atoms with Gasteiger partial charge in [0.1, 0.15) is 16.9 Å². The zero-order valence-corrected chi connectivity index (χ0v) is 16.6. The standard InChI is InChI=1S/C21H26N2O3S/c1-3-4-13-26-18-10-8-17(9-11-18)22-21(24)23-12-14-27-20(23)16-6-5-7-19(15-16)25-2/h5-11,15,20H,3-4,12-14H2,1-2H3,(H,22,24)/t20-/m1/s1. The molecule has 1 atom stereocenters. The Morgan fingerprint density at radius 1 is 1.22 bits per heavy atom. The number of urea groups is 1. The van der Waals surface area contributed by atoms with Crippen LogP contribution in [0.3, 0.4) is 0 Å². The predicted molar refractivity (Wildman–Crippen MR) is 111 cm³/mol. The third-order valence-electron chi connectivity index (χ3n) is 4.40. The van der Waals surface area contributed by atoms with Crippen LogP contribution in [0.1, 0.15) is 30.7 Å². The molecule has 1 heterocycles. The topological polar surface area (TPSA) is 50.8 Å². The molecule has 0 unspecified atom stereocenters. The highest BCUT2D eigenvalue weighted by Gasteiger charge is 2.31. The molecule has 2 aromatic rings. The third kappa shape index (κ3) is 5.10. The van der Waals surface area contributed by atoms with Crippen molar-refractivity contribution in [3.05, 3.63) is 54.1 Å². The van der Waals surface area contributed by atoms with Gasteiger partial charge in [-0.05, 0) is 48.4 Å². The van der Waals surface area contributed by atoms with Crippen molar-refractivity contribution in [3.63, 3.8) is 0 Å². The molecule has 0 spiro atoms. The van der Waals surface area contributed by atoms with E-state index >= 15 is 0 Å². The van der Waals surface area contributed by atoms with Crippen molar-refractivity contribution in [2.24, 2.45) is 0 Å². The zero-order valence-electron chi connectivity index (χ0n) is 15.8. The summed E-state index contributed by atoms with van der Waals surface area (Å²) < 4.78 is 11.0. The molecule has 0 aliphatic carbocycles. The maximum atomic E-state index is 12.8. The van der Waals surface area contributed by atoms with Crippen LogP contribution in [0.4, 0.5) is 10.5 Å². The number of amides is 2. The van der Waals surface area contributed by atoms with Crippen LogP contribution in [0.5, 0.6) is 11.5 Å². The largest absolute Gasteiger partial charge is 0.497 e. The van der Waals surface area contributed by atoms with Crippen molar-refractivity contribution >= 4 is 23.5 Å². The molecule has 6 heteroatoms. The van der Waals surface area contributed by atoms with Crippen molar-refractivity contribution in [1.29, 1.82) is 0 Å². The van der Waals surface area contributed by atoms with E-state index in [9.17, 15) is 4.79 Å². The minimum atomic E-state index is -0.0903. The van der Waals surface area contributed by atoms with E-state index < -0.39 is 0 Å². The number of unbranched alkanes of at least 4 members (excludes halogenated alkanes) is 1. The number of nitrogens with zero attached hydrogens (tertiary/aromatic N) is 1. The predicted octanol–water partition coefficient (Wildman–Crippen LogP) is 5.15. The van der Waals surface area contributed by atoms with Gasteiger partial charge < -0.3 is 19.7 Å². The molecule has 1 fully saturated rings. The molecule has 144 valence electrons. The summed E-state index contributed by atoms with van der Waals surface area (Å²) in [5, 5.41) is 2.99. The van der Waals surface area contributed by atoms with Gasteiger partial charge in [0.2, 0.25) is 0 Å². The number of hydrogen-bond acceptors (Lipinski definition) is 4. The number of anilines is 1. The van der Waals surface area contributed by atoms with Crippen molar-refractivity contribution in [2.75, 3.05) is 31.3 Å². The molecule has 2 aromatic carbocycles. The quantitative estimate of drug-likeness (QED) is 0.668. The Bertz CT molecular complexity index is 751. The summed E-state index contributed by atoms with van der Waals surface area (Å²) in [6.07, 6.45) is 2.15. The van der Waals surface area contributed by atoms with Crippen LogP contribution < -0.4 is 14.8 Å². The first kappa shape index (κ1) is 19.4. The van der Waals surface area contributed by atoms with E-state index in [1.54, 1.807) is 18.9 Å². The summed E-state index contributed by atoms with van der Waals surface area (Å²) in [5.74, 6) is 2.55. The van der Waals surface area contributed by atoms with E-state index in [2.05, 4.69) is 12.2 Å². The van der Waals surface area contributed by atoms with Crippen LogP contribution in [0.15, 0.2) is 48.5 Å². The van der Waals surface area contributed by atoms with Gasteiger partial charge in [-0.2, -0.15) is 0 Å². The molecule has 5 nitrogen and oxygen atoms in total. The Hall–Kier alpha value is -2.34. The van der Waals surface area contributed by atoms with Gasteiger partial charge in [0.05, 0.1) is 13.7 Å². The Morgan fingerprint density at radius 2 is 2.04 bits per heavy atom. The number of nitrogens with one attached hydrogen (secondary N) is 1. The Balaban J connectivity index is 1.62. The minimum Gasteiger partial charge on any atom is -0.497 e. The van der Waals surface area contributed by atoms with Crippen molar-refractivity contribution in [3.8, 4) is 11.5 Å². The van der Waals surface area contributed by atoms with Gasteiger partial charge >= 0.3 is 6.03 Å². The molecule has 3 rings (SSSR count). The minimum absolute atomic E-state index is 0.00301. The number of carbonyl (C=O) groups excluding carboxylic acids is 1. The molecule has 0 bridgehead atoms. The number of ether oxygens (including phenoxy) is 2. The number of benzene rings is 2. The SMILES string of the molecule is CCCCOc1ccc(NC(=O)N2CCS[C@@H]2c2cccc(OC)c2)cc1. The van der Waals surface area contributed by atoms with E-state index in [0.29, 0.717) is 0 Å². The second kappa shape index (κ2) is 9.55. The molecule has 2 amide bonds. The van der Waals surface area contributed by atoms with E-state index in [1.807, 2.05) is 53.4 Å². The lowest BCUT2D eigenvalue weighted by atomic mass is 10.2. The molecule has 0 radical (unpaired) electrons. The van der Waals surface area contributed by atoms with Crippen molar-refractivity contribution in [1.82, 2.24) is 4.90 Å². The Labute approximate surface area is 165 Å². The fraction of sp³-hybridized carbons (Fsp3) is 0.381. The maximum absolute atomic E-state index is 12.8. The molecule has 1 saturated heterocycles. The average molecular weight is 387 g/mol. The van der Waals surface area contributed by atoms with Gasteiger partial charge in [-0.1, -0.05) is 25.5 Å². The molecular formula is C21H26N2O3S. The average Bonchev–Trinajstić information content (AvgIpc) is 3.20. The highest BCUT2D eigenvalue weighted by atomic mass is 32.2.